The Bertz CT molecular complexity index is 610. The fraction of sp³-hybridized carbons (Fsp3) is 0.588. The first kappa shape index (κ1) is 24.4. The van der Waals surface area contributed by atoms with E-state index in [2.05, 4.69) is 5.73 Å². The van der Waals surface area contributed by atoms with E-state index in [0.29, 0.717) is 36.9 Å². The number of carbonyl (C=O) groups is 1. The van der Waals surface area contributed by atoms with E-state index < -0.39 is 16.4 Å². The van der Waals surface area contributed by atoms with Gasteiger partial charge in [-0.25, -0.2) is 4.79 Å². The molecular weight excluding hydrogens is 360 g/mol. The lowest BCUT2D eigenvalue weighted by molar-refractivity contribution is -0.386. The molecule has 0 aliphatic heterocycles. The van der Waals surface area contributed by atoms with Crippen LogP contribution in [0.2, 0.25) is 0 Å². The van der Waals surface area contributed by atoms with E-state index in [1.54, 1.807) is 20.3 Å². The van der Waals surface area contributed by atoms with Crippen molar-refractivity contribution in [3.05, 3.63) is 27.8 Å². The average Bonchev–Trinajstić information content (AvgIpc) is 2.54. The summed E-state index contributed by atoms with van der Waals surface area (Å²) in [6.45, 7) is 7.16. The highest BCUT2D eigenvalue weighted by Gasteiger charge is 2.28. The molecule has 3 N–H and O–H groups in total. The lowest BCUT2D eigenvalue weighted by Gasteiger charge is -2.21. The first-order valence-electron chi connectivity index (χ1n) is 8.09. The first-order valence-corrected chi connectivity index (χ1v) is 8.09. The van der Waals surface area contributed by atoms with E-state index in [1.165, 1.54) is 6.07 Å². The van der Waals surface area contributed by atoms with E-state index in [1.807, 2.05) is 20.8 Å². The van der Waals surface area contributed by atoms with E-state index in [-0.39, 0.29) is 12.3 Å². The number of nitrogens with zero attached hydrogens (tertiary/aromatic N) is 1. The molecule has 0 fully saturated rings. The minimum absolute atomic E-state index is 0.0176. The highest BCUT2D eigenvalue weighted by atomic mass is 16.6. The zero-order chi connectivity index (χ0) is 21.0. The summed E-state index contributed by atoms with van der Waals surface area (Å²) >= 11 is 0. The van der Waals surface area contributed by atoms with Crippen LogP contribution in [0, 0.1) is 10.1 Å². The Morgan fingerprint density at radius 1 is 1.07 bits per heavy atom. The quantitative estimate of drug-likeness (QED) is 0.373. The molecule has 0 aliphatic rings. The summed E-state index contributed by atoms with van der Waals surface area (Å²) in [7, 11) is 3.14. The monoisotopic (exact) mass is 388 g/mol. The summed E-state index contributed by atoms with van der Waals surface area (Å²) in [5.41, 5.74) is 4.24. The van der Waals surface area contributed by atoms with E-state index >= 15 is 0 Å². The largest absolute Gasteiger partial charge is 0.487 e. The van der Waals surface area contributed by atoms with Crippen molar-refractivity contribution < 1.29 is 33.8 Å². The van der Waals surface area contributed by atoms with Crippen LogP contribution in [0.5, 0.6) is 11.5 Å². The number of methoxy groups -OCH3 is 2. The predicted octanol–water partition coefficient (Wildman–Crippen LogP) is 2.57. The van der Waals surface area contributed by atoms with Crippen molar-refractivity contribution in [2.45, 2.75) is 26.2 Å². The van der Waals surface area contributed by atoms with E-state index in [4.69, 9.17) is 28.8 Å². The highest BCUT2D eigenvalue weighted by molar-refractivity contribution is 5.61. The number of rotatable bonds is 9. The van der Waals surface area contributed by atoms with Gasteiger partial charge in [0, 0.05) is 19.8 Å². The molecule has 1 amide bonds. The first-order chi connectivity index (χ1) is 12.5. The van der Waals surface area contributed by atoms with Crippen molar-refractivity contribution in [3.63, 3.8) is 0 Å². The maximum absolute atomic E-state index is 11.4. The fourth-order valence-corrected chi connectivity index (χ4v) is 2.00. The van der Waals surface area contributed by atoms with Gasteiger partial charge in [-0.05, 0) is 11.5 Å². The molecule has 1 aromatic carbocycles. The van der Waals surface area contributed by atoms with Gasteiger partial charge in [0.2, 0.25) is 0 Å². The van der Waals surface area contributed by atoms with Crippen LogP contribution in [-0.4, -0.2) is 56.8 Å². The van der Waals surface area contributed by atoms with Crippen LogP contribution in [0.25, 0.3) is 0 Å². The van der Waals surface area contributed by atoms with Crippen molar-refractivity contribution >= 4 is 11.8 Å². The van der Waals surface area contributed by atoms with Crippen molar-refractivity contribution in [2.75, 3.05) is 40.6 Å². The van der Waals surface area contributed by atoms with Crippen LogP contribution >= 0.6 is 0 Å². The molecule has 0 aromatic heterocycles. The standard InChI is InChI=1S/C16H25NO6.CH3NO2/c1-16(2,3)12-10-14(22-8-6-20-4)15(23-9-7-21-5)11-13(12)17(18)19;2-1(3)4/h10-11H,6-9H2,1-5H3;2H2,(H,3,4). The van der Waals surface area contributed by atoms with Gasteiger partial charge < -0.3 is 29.8 Å². The summed E-state index contributed by atoms with van der Waals surface area (Å²) in [5.74, 6) is 0.798. The Morgan fingerprint density at radius 3 is 1.81 bits per heavy atom. The molecule has 0 unspecified atom stereocenters. The molecule has 27 heavy (non-hydrogen) atoms. The second-order valence-electron chi connectivity index (χ2n) is 6.34. The number of ether oxygens (including phenoxy) is 4. The smallest absolute Gasteiger partial charge is 0.402 e. The second kappa shape index (κ2) is 11.9. The molecule has 0 saturated heterocycles. The minimum Gasteiger partial charge on any atom is -0.487 e. The lowest BCUT2D eigenvalue weighted by atomic mass is 9.85. The Kier molecular flexibility index (Phi) is 10.8. The molecule has 0 bridgehead atoms. The predicted molar refractivity (Wildman–Crippen MR) is 98.8 cm³/mol. The van der Waals surface area contributed by atoms with Crippen LogP contribution in [0.4, 0.5) is 10.5 Å². The summed E-state index contributed by atoms with van der Waals surface area (Å²) in [5, 5.41) is 18.6. The number of primary amides is 1. The number of amides is 1. The normalized spacial score (nSPS) is 10.6. The molecular formula is C17H28N2O8. The van der Waals surface area contributed by atoms with Crippen LogP contribution < -0.4 is 15.2 Å². The molecule has 0 spiro atoms. The van der Waals surface area contributed by atoms with Gasteiger partial charge in [0.1, 0.15) is 13.2 Å². The van der Waals surface area contributed by atoms with E-state index in [9.17, 15) is 10.1 Å². The molecule has 154 valence electrons. The molecule has 0 radical (unpaired) electrons. The summed E-state index contributed by atoms with van der Waals surface area (Å²) in [6.07, 6.45) is -1.33. The van der Waals surface area contributed by atoms with Crippen LogP contribution in [0.1, 0.15) is 26.3 Å². The maximum Gasteiger partial charge on any atom is 0.402 e. The van der Waals surface area contributed by atoms with Gasteiger partial charge in [-0.2, -0.15) is 0 Å². The number of carboxylic acid groups (broad SMARTS) is 1. The SMILES string of the molecule is COCCOc1cc([N+](=O)[O-])c(C(C)(C)C)cc1OCCOC.NC(=O)O. The molecule has 1 aromatic rings. The van der Waals surface area contributed by atoms with Gasteiger partial charge in [-0.3, -0.25) is 10.1 Å². The molecule has 0 heterocycles. The van der Waals surface area contributed by atoms with Crippen LogP contribution in [0.3, 0.4) is 0 Å². The fourth-order valence-electron chi connectivity index (χ4n) is 2.00. The third kappa shape index (κ3) is 9.61. The zero-order valence-corrected chi connectivity index (χ0v) is 16.3. The average molecular weight is 388 g/mol. The molecule has 1 rings (SSSR count). The summed E-state index contributed by atoms with van der Waals surface area (Å²) < 4.78 is 21.1. The van der Waals surface area contributed by atoms with Gasteiger partial charge in [-0.1, -0.05) is 20.8 Å². The van der Waals surface area contributed by atoms with Gasteiger partial charge in [-0.15, -0.1) is 0 Å². The maximum atomic E-state index is 11.4. The zero-order valence-electron chi connectivity index (χ0n) is 16.3. The van der Waals surface area contributed by atoms with Gasteiger partial charge >= 0.3 is 6.09 Å². The number of nitrogens with two attached hydrogens (primary N) is 1. The topological polar surface area (TPSA) is 143 Å². The number of nitro groups is 1. The van der Waals surface area contributed by atoms with Crippen molar-refractivity contribution in [2.24, 2.45) is 5.73 Å². The Labute approximate surface area is 158 Å². The van der Waals surface area contributed by atoms with E-state index in [0.717, 1.165) is 0 Å². The molecule has 10 nitrogen and oxygen atoms in total. The van der Waals surface area contributed by atoms with Crippen LogP contribution in [-0.2, 0) is 14.9 Å². The molecule has 0 aliphatic carbocycles. The summed E-state index contributed by atoms with van der Waals surface area (Å²) in [6, 6.07) is 3.09. The van der Waals surface area contributed by atoms with Crippen LogP contribution in [0.15, 0.2) is 12.1 Å². The number of nitro benzene ring substituents is 1. The Hall–Kier alpha value is -2.59. The van der Waals surface area contributed by atoms with Gasteiger partial charge in [0.05, 0.1) is 24.2 Å². The lowest BCUT2D eigenvalue weighted by Crippen LogP contribution is -2.16. The third-order valence-corrected chi connectivity index (χ3v) is 3.16. The molecule has 0 atom stereocenters. The second-order valence-corrected chi connectivity index (χ2v) is 6.34. The number of hydrogen-bond acceptors (Lipinski definition) is 7. The number of hydrogen-bond donors (Lipinski definition) is 2. The Morgan fingerprint density at radius 2 is 1.48 bits per heavy atom. The van der Waals surface area contributed by atoms with Crippen molar-refractivity contribution in [1.29, 1.82) is 0 Å². The molecule has 10 heteroatoms. The minimum atomic E-state index is -1.33. The van der Waals surface area contributed by atoms with Gasteiger partial charge in [0.15, 0.2) is 11.5 Å². The van der Waals surface area contributed by atoms with Crippen molar-refractivity contribution in [1.82, 2.24) is 0 Å². The third-order valence-electron chi connectivity index (χ3n) is 3.16. The Balaban J connectivity index is 0.00000153. The molecule has 0 saturated carbocycles. The van der Waals surface area contributed by atoms with Gasteiger partial charge in [0.25, 0.3) is 5.69 Å². The summed E-state index contributed by atoms with van der Waals surface area (Å²) in [4.78, 5) is 19.8. The number of benzene rings is 1. The highest BCUT2D eigenvalue weighted by Crippen LogP contribution is 2.40. The van der Waals surface area contributed by atoms with Crippen molar-refractivity contribution in [3.8, 4) is 11.5 Å².